The van der Waals surface area contributed by atoms with Gasteiger partial charge in [-0.05, 0) is 24.3 Å². The smallest absolute Gasteiger partial charge is 0.341 e. The van der Waals surface area contributed by atoms with Gasteiger partial charge in [0.15, 0.2) is 5.82 Å². The standard InChI is InChI=1S/C14H16N2O4/c1-16(20-4)13-11(14(17)19-3)8-9-7-10(18-2)5-6-12(9)15-13/h5-8H,1-4H3. The van der Waals surface area contributed by atoms with Gasteiger partial charge in [0.05, 0.1) is 26.8 Å². The van der Waals surface area contributed by atoms with E-state index in [1.165, 1.54) is 19.3 Å². The molecule has 2 aromatic rings. The maximum absolute atomic E-state index is 11.9. The van der Waals surface area contributed by atoms with Gasteiger partial charge < -0.3 is 9.47 Å². The number of anilines is 1. The molecule has 0 unspecified atom stereocenters. The van der Waals surface area contributed by atoms with Gasteiger partial charge in [-0.1, -0.05) is 0 Å². The number of rotatable bonds is 4. The van der Waals surface area contributed by atoms with Crippen LogP contribution in [0.15, 0.2) is 24.3 Å². The van der Waals surface area contributed by atoms with E-state index in [1.807, 2.05) is 18.2 Å². The molecule has 0 aliphatic carbocycles. The number of hydroxylamine groups is 1. The first-order valence-electron chi connectivity index (χ1n) is 5.95. The number of hydrogen-bond acceptors (Lipinski definition) is 6. The highest BCUT2D eigenvalue weighted by atomic mass is 16.7. The number of benzene rings is 1. The fourth-order valence-corrected chi connectivity index (χ4v) is 1.86. The molecule has 0 aliphatic heterocycles. The molecule has 0 bridgehead atoms. The minimum Gasteiger partial charge on any atom is -0.497 e. The van der Waals surface area contributed by atoms with E-state index < -0.39 is 5.97 Å². The average Bonchev–Trinajstić information content (AvgIpc) is 2.51. The molecular weight excluding hydrogens is 260 g/mol. The van der Waals surface area contributed by atoms with Crippen LogP contribution in [0.2, 0.25) is 0 Å². The Bertz CT molecular complexity index is 642. The van der Waals surface area contributed by atoms with Gasteiger partial charge in [0.1, 0.15) is 11.3 Å². The van der Waals surface area contributed by atoms with Gasteiger partial charge in [-0.15, -0.1) is 0 Å². The zero-order valence-corrected chi connectivity index (χ0v) is 11.8. The monoisotopic (exact) mass is 276 g/mol. The first kappa shape index (κ1) is 14.1. The first-order valence-corrected chi connectivity index (χ1v) is 5.95. The van der Waals surface area contributed by atoms with Crippen LogP contribution in [-0.4, -0.2) is 39.3 Å². The number of fused-ring (bicyclic) bond motifs is 1. The zero-order chi connectivity index (χ0) is 14.7. The van der Waals surface area contributed by atoms with Crippen molar-refractivity contribution in [2.24, 2.45) is 0 Å². The van der Waals surface area contributed by atoms with Gasteiger partial charge >= 0.3 is 5.97 Å². The largest absolute Gasteiger partial charge is 0.497 e. The second-order valence-electron chi connectivity index (χ2n) is 4.09. The summed E-state index contributed by atoms with van der Waals surface area (Å²) < 4.78 is 9.95. The van der Waals surface area contributed by atoms with Crippen molar-refractivity contribution in [1.29, 1.82) is 0 Å². The van der Waals surface area contributed by atoms with Gasteiger partial charge in [-0.25, -0.2) is 14.8 Å². The Balaban J connectivity index is 2.67. The van der Waals surface area contributed by atoms with E-state index in [2.05, 4.69) is 4.98 Å². The fraction of sp³-hybridized carbons (Fsp3) is 0.286. The number of esters is 1. The van der Waals surface area contributed by atoms with E-state index in [4.69, 9.17) is 14.3 Å². The summed E-state index contributed by atoms with van der Waals surface area (Å²) in [5.41, 5.74) is 1.06. The Morgan fingerprint density at radius 2 is 1.95 bits per heavy atom. The van der Waals surface area contributed by atoms with Crippen LogP contribution in [0.1, 0.15) is 10.4 Å². The van der Waals surface area contributed by atoms with Gasteiger partial charge in [0.25, 0.3) is 0 Å². The van der Waals surface area contributed by atoms with Crippen molar-refractivity contribution in [3.05, 3.63) is 29.8 Å². The van der Waals surface area contributed by atoms with E-state index in [1.54, 1.807) is 20.2 Å². The van der Waals surface area contributed by atoms with Crippen molar-refractivity contribution in [1.82, 2.24) is 4.98 Å². The normalized spacial score (nSPS) is 10.4. The second kappa shape index (κ2) is 5.75. The van der Waals surface area contributed by atoms with E-state index in [9.17, 15) is 4.79 Å². The van der Waals surface area contributed by atoms with Gasteiger partial charge in [0.2, 0.25) is 0 Å². The van der Waals surface area contributed by atoms with Crippen LogP contribution in [0.25, 0.3) is 10.9 Å². The summed E-state index contributed by atoms with van der Waals surface area (Å²) in [4.78, 5) is 21.4. The minimum absolute atomic E-state index is 0.331. The van der Waals surface area contributed by atoms with E-state index in [-0.39, 0.29) is 0 Å². The lowest BCUT2D eigenvalue weighted by Gasteiger charge is -2.18. The maximum atomic E-state index is 11.9. The average molecular weight is 276 g/mol. The van der Waals surface area contributed by atoms with Crippen molar-refractivity contribution in [3.8, 4) is 5.75 Å². The second-order valence-corrected chi connectivity index (χ2v) is 4.09. The lowest BCUT2D eigenvalue weighted by molar-refractivity contribution is 0.0598. The Labute approximate surface area is 116 Å². The molecule has 0 atom stereocenters. The number of carbonyl (C=O) groups excluding carboxylic acids is 1. The molecule has 6 nitrogen and oxygen atoms in total. The van der Waals surface area contributed by atoms with E-state index in [0.29, 0.717) is 17.1 Å². The fourth-order valence-electron chi connectivity index (χ4n) is 1.86. The maximum Gasteiger partial charge on any atom is 0.341 e. The summed E-state index contributed by atoms with van der Waals surface area (Å²) >= 11 is 0. The molecule has 1 aromatic heterocycles. The Morgan fingerprint density at radius 1 is 1.20 bits per heavy atom. The molecule has 0 amide bonds. The van der Waals surface area contributed by atoms with Crippen LogP contribution in [0, 0.1) is 0 Å². The third kappa shape index (κ3) is 2.50. The third-order valence-corrected chi connectivity index (χ3v) is 2.98. The quantitative estimate of drug-likeness (QED) is 0.629. The SMILES string of the molecule is COC(=O)c1cc2cc(OC)ccc2nc1N(C)OC. The van der Waals surface area contributed by atoms with Gasteiger partial charge in [0, 0.05) is 12.4 Å². The summed E-state index contributed by atoms with van der Waals surface area (Å²) in [5, 5.41) is 2.20. The number of nitrogens with zero attached hydrogens (tertiary/aromatic N) is 2. The highest BCUT2D eigenvalue weighted by molar-refractivity contribution is 5.99. The molecule has 0 radical (unpaired) electrons. The molecule has 106 valence electrons. The molecule has 2 rings (SSSR count). The number of ether oxygens (including phenoxy) is 2. The Kier molecular flexibility index (Phi) is 4.05. The zero-order valence-electron chi connectivity index (χ0n) is 11.8. The van der Waals surface area contributed by atoms with Gasteiger partial charge in [-0.3, -0.25) is 4.84 Å². The third-order valence-electron chi connectivity index (χ3n) is 2.98. The van der Waals surface area contributed by atoms with Crippen molar-refractivity contribution in [2.45, 2.75) is 0 Å². The molecule has 0 fully saturated rings. The van der Waals surface area contributed by atoms with E-state index >= 15 is 0 Å². The van der Waals surface area contributed by atoms with Crippen LogP contribution < -0.4 is 9.80 Å². The summed E-state index contributed by atoms with van der Waals surface area (Å²) in [6.07, 6.45) is 0. The van der Waals surface area contributed by atoms with Crippen LogP contribution in [0.5, 0.6) is 5.75 Å². The van der Waals surface area contributed by atoms with E-state index in [0.717, 1.165) is 10.9 Å². The summed E-state index contributed by atoms with van der Waals surface area (Å²) in [6.45, 7) is 0. The molecule has 0 aliphatic rings. The van der Waals surface area contributed by atoms with Crippen LogP contribution in [0.3, 0.4) is 0 Å². The predicted octanol–water partition coefficient (Wildman–Crippen LogP) is 2.03. The topological polar surface area (TPSA) is 60.9 Å². The van der Waals surface area contributed by atoms with Crippen molar-refractivity contribution >= 4 is 22.7 Å². The van der Waals surface area contributed by atoms with Crippen LogP contribution in [0.4, 0.5) is 5.82 Å². The Morgan fingerprint density at radius 3 is 2.55 bits per heavy atom. The molecule has 1 aromatic carbocycles. The van der Waals surface area contributed by atoms with Crippen LogP contribution >= 0.6 is 0 Å². The summed E-state index contributed by atoms with van der Waals surface area (Å²) in [5.74, 6) is 0.626. The van der Waals surface area contributed by atoms with Crippen molar-refractivity contribution < 1.29 is 19.1 Å². The molecular formula is C14H16N2O4. The molecule has 1 heterocycles. The molecule has 0 N–H and O–H groups in total. The summed E-state index contributed by atoms with van der Waals surface area (Å²) in [6, 6.07) is 7.15. The highest BCUT2D eigenvalue weighted by Gasteiger charge is 2.18. The molecule has 0 saturated heterocycles. The number of methoxy groups -OCH3 is 2. The molecule has 0 spiro atoms. The highest BCUT2D eigenvalue weighted by Crippen LogP contribution is 2.26. The molecule has 20 heavy (non-hydrogen) atoms. The number of carbonyl (C=O) groups is 1. The lowest BCUT2D eigenvalue weighted by Crippen LogP contribution is -2.20. The van der Waals surface area contributed by atoms with Crippen molar-refractivity contribution in [3.63, 3.8) is 0 Å². The van der Waals surface area contributed by atoms with Crippen molar-refractivity contribution in [2.75, 3.05) is 33.4 Å². The predicted molar refractivity (Wildman–Crippen MR) is 75.0 cm³/mol. The number of hydrogen-bond donors (Lipinski definition) is 0. The molecule has 0 saturated carbocycles. The number of aromatic nitrogens is 1. The lowest BCUT2D eigenvalue weighted by atomic mass is 10.1. The minimum atomic E-state index is -0.471. The first-order chi connectivity index (χ1) is 9.60. The van der Waals surface area contributed by atoms with Gasteiger partial charge in [-0.2, -0.15) is 0 Å². The summed E-state index contributed by atoms with van der Waals surface area (Å²) in [7, 11) is 6.09. The Hall–Kier alpha value is -2.34. The van der Waals surface area contributed by atoms with Crippen LogP contribution in [-0.2, 0) is 9.57 Å². The number of pyridine rings is 1. The molecule has 6 heteroatoms.